The molecule has 1 aliphatic rings. The molecule has 1 fully saturated rings. The quantitative estimate of drug-likeness (QED) is 0.355. The number of nitrogens with zero attached hydrogens (tertiary/aromatic N) is 6. The van der Waals surface area contributed by atoms with Gasteiger partial charge >= 0.3 is 0 Å². The van der Waals surface area contributed by atoms with Gasteiger partial charge in [0.15, 0.2) is 11.6 Å². The summed E-state index contributed by atoms with van der Waals surface area (Å²) in [4.78, 5) is 19.7. The molecule has 1 saturated heterocycles. The van der Waals surface area contributed by atoms with Gasteiger partial charge in [-0.05, 0) is 69.8 Å². The van der Waals surface area contributed by atoms with Crippen molar-refractivity contribution in [3.63, 3.8) is 0 Å². The smallest absolute Gasteiger partial charge is 0.229 e. The Morgan fingerprint density at radius 3 is 2.64 bits per heavy atom. The molecule has 188 valence electrons. The molecule has 0 spiro atoms. The van der Waals surface area contributed by atoms with Crippen LogP contribution in [0.15, 0.2) is 36.7 Å². The molecule has 0 amide bonds. The van der Waals surface area contributed by atoms with Crippen molar-refractivity contribution in [1.82, 2.24) is 29.4 Å². The molecule has 1 aromatic carbocycles. The maximum absolute atomic E-state index is 14.9. The molecule has 1 N–H and O–H groups in total. The van der Waals surface area contributed by atoms with Crippen molar-refractivity contribution in [2.45, 2.75) is 53.1 Å². The van der Waals surface area contributed by atoms with Gasteiger partial charge in [0, 0.05) is 30.9 Å². The van der Waals surface area contributed by atoms with Crippen LogP contribution >= 0.6 is 0 Å². The zero-order valence-electron chi connectivity index (χ0n) is 21.1. The monoisotopic (exact) mass is 491 g/mol. The Morgan fingerprint density at radius 2 is 1.92 bits per heavy atom. The second-order valence-electron chi connectivity index (χ2n) is 10.00. The van der Waals surface area contributed by atoms with E-state index in [9.17, 15) is 8.78 Å². The number of pyridine rings is 1. The Kier molecular flexibility index (Phi) is 6.66. The Labute approximate surface area is 209 Å². The average Bonchev–Trinajstić information content (AvgIpc) is 3.18. The van der Waals surface area contributed by atoms with Gasteiger partial charge in [0.1, 0.15) is 22.9 Å². The fourth-order valence-electron chi connectivity index (χ4n) is 5.08. The Morgan fingerprint density at radius 1 is 1.08 bits per heavy atom. The molecule has 0 radical (unpaired) electrons. The summed E-state index contributed by atoms with van der Waals surface area (Å²) in [5.41, 5.74) is 2.34. The van der Waals surface area contributed by atoms with Gasteiger partial charge in [-0.15, -0.1) is 0 Å². The highest BCUT2D eigenvalue weighted by molar-refractivity contribution is 5.83. The van der Waals surface area contributed by atoms with Crippen molar-refractivity contribution in [3.8, 4) is 11.3 Å². The normalized spacial score (nSPS) is 16.7. The largest absolute Gasteiger partial charge is 0.326 e. The van der Waals surface area contributed by atoms with Gasteiger partial charge in [-0.1, -0.05) is 13.0 Å². The SMILES string of the molecule is Cc1nc2c(F)cc(-c3nc(Nc4ccc(CN5CCCC(C)C5)cn4)ncc3F)cc2n1C(C)C. The maximum atomic E-state index is 14.9. The summed E-state index contributed by atoms with van der Waals surface area (Å²) in [6.45, 7) is 11.2. The Hall–Kier alpha value is -3.46. The molecule has 0 bridgehead atoms. The van der Waals surface area contributed by atoms with E-state index in [2.05, 4.69) is 37.1 Å². The minimum Gasteiger partial charge on any atom is -0.326 e. The van der Waals surface area contributed by atoms with E-state index < -0.39 is 11.6 Å². The van der Waals surface area contributed by atoms with Crippen LogP contribution in [0.1, 0.15) is 51.0 Å². The molecule has 9 heteroatoms. The number of piperidine rings is 1. The third-order valence-corrected chi connectivity index (χ3v) is 6.67. The van der Waals surface area contributed by atoms with Gasteiger partial charge in [-0.2, -0.15) is 0 Å². The van der Waals surface area contributed by atoms with Gasteiger partial charge in [-0.3, -0.25) is 4.90 Å². The lowest BCUT2D eigenvalue weighted by atomic mass is 10.00. The number of aromatic nitrogens is 5. The van der Waals surface area contributed by atoms with Crippen molar-refractivity contribution in [1.29, 1.82) is 0 Å². The summed E-state index contributed by atoms with van der Waals surface area (Å²) in [5, 5.41) is 3.04. The maximum Gasteiger partial charge on any atom is 0.229 e. The van der Waals surface area contributed by atoms with Crippen LogP contribution in [0.2, 0.25) is 0 Å². The summed E-state index contributed by atoms with van der Waals surface area (Å²) in [6, 6.07) is 6.96. The first-order valence-electron chi connectivity index (χ1n) is 12.4. The Bertz CT molecular complexity index is 1380. The lowest BCUT2D eigenvalue weighted by molar-refractivity contribution is 0.176. The van der Waals surface area contributed by atoms with E-state index in [4.69, 9.17) is 0 Å². The van der Waals surface area contributed by atoms with E-state index >= 15 is 0 Å². The number of fused-ring (bicyclic) bond motifs is 1. The van der Waals surface area contributed by atoms with Crippen LogP contribution in [0.3, 0.4) is 0 Å². The molecular formula is C27H31F2N7. The van der Waals surface area contributed by atoms with E-state index in [1.54, 1.807) is 6.07 Å². The number of hydrogen-bond acceptors (Lipinski definition) is 6. The van der Waals surface area contributed by atoms with Crippen LogP contribution < -0.4 is 5.32 Å². The molecule has 4 heterocycles. The third-order valence-electron chi connectivity index (χ3n) is 6.67. The van der Waals surface area contributed by atoms with Crippen LogP contribution in [-0.2, 0) is 6.54 Å². The lowest BCUT2D eigenvalue weighted by Crippen LogP contribution is -2.33. The van der Waals surface area contributed by atoms with E-state index in [-0.39, 0.29) is 23.2 Å². The summed E-state index contributed by atoms with van der Waals surface area (Å²) < 4.78 is 31.6. The summed E-state index contributed by atoms with van der Waals surface area (Å²) in [7, 11) is 0. The number of anilines is 2. The molecular weight excluding hydrogens is 460 g/mol. The van der Waals surface area contributed by atoms with Gasteiger partial charge < -0.3 is 9.88 Å². The first-order chi connectivity index (χ1) is 17.3. The van der Waals surface area contributed by atoms with Crippen molar-refractivity contribution in [2.75, 3.05) is 18.4 Å². The van der Waals surface area contributed by atoms with Crippen molar-refractivity contribution in [3.05, 3.63) is 59.7 Å². The third kappa shape index (κ3) is 4.93. The molecule has 36 heavy (non-hydrogen) atoms. The predicted molar refractivity (Wildman–Crippen MR) is 137 cm³/mol. The van der Waals surface area contributed by atoms with Crippen LogP contribution in [-0.4, -0.2) is 42.5 Å². The van der Waals surface area contributed by atoms with Crippen molar-refractivity contribution >= 4 is 22.8 Å². The van der Waals surface area contributed by atoms with E-state index in [1.807, 2.05) is 43.7 Å². The topological polar surface area (TPSA) is 71.8 Å². The fraction of sp³-hybridized carbons (Fsp3) is 0.407. The molecule has 1 atom stereocenters. The number of hydrogen-bond donors (Lipinski definition) is 1. The minimum atomic E-state index is -0.634. The van der Waals surface area contributed by atoms with Gasteiger partial charge in [0.2, 0.25) is 5.95 Å². The summed E-state index contributed by atoms with van der Waals surface area (Å²) in [5.74, 6) is 1.01. The molecule has 0 aliphatic carbocycles. The summed E-state index contributed by atoms with van der Waals surface area (Å²) >= 11 is 0. The predicted octanol–water partition coefficient (Wildman–Crippen LogP) is 6.03. The van der Waals surface area contributed by atoms with E-state index in [1.165, 1.54) is 18.9 Å². The Balaban J connectivity index is 1.38. The number of likely N-dealkylation sites (tertiary alicyclic amines) is 1. The number of benzene rings is 1. The van der Waals surface area contributed by atoms with Crippen LogP contribution in [0.5, 0.6) is 0 Å². The van der Waals surface area contributed by atoms with Crippen LogP contribution in [0.25, 0.3) is 22.3 Å². The zero-order chi connectivity index (χ0) is 25.4. The first kappa shape index (κ1) is 24.2. The molecule has 0 saturated carbocycles. The van der Waals surface area contributed by atoms with Crippen molar-refractivity contribution < 1.29 is 8.78 Å². The number of imidazole rings is 1. The zero-order valence-corrected chi connectivity index (χ0v) is 21.1. The molecule has 4 aromatic rings. The molecule has 3 aromatic heterocycles. The van der Waals surface area contributed by atoms with E-state index in [0.29, 0.717) is 22.7 Å². The van der Waals surface area contributed by atoms with Gasteiger partial charge in [-0.25, -0.2) is 28.7 Å². The molecule has 5 rings (SSSR count). The standard InChI is InChI=1S/C27H31F2N7/c1-16(2)36-18(4)32-26-21(28)10-20(11-23(26)36)25-22(29)13-31-27(34-25)33-24-8-7-19(12-30-24)15-35-9-5-6-17(3)14-35/h7-8,10-13,16-17H,5-6,9,14-15H2,1-4H3,(H,30,31,33,34). The first-order valence-corrected chi connectivity index (χ1v) is 12.4. The van der Waals surface area contributed by atoms with Gasteiger partial charge in [0.05, 0.1) is 11.7 Å². The molecule has 1 aliphatic heterocycles. The number of halogens is 2. The number of rotatable bonds is 6. The lowest BCUT2D eigenvalue weighted by Gasteiger charge is -2.30. The average molecular weight is 492 g/mol. The second kappa shape index (κ2) is 9.89. The van der Waals surface area contributed by atoms with Crippen molar-refractivity contribution in [2.24, 2.45) is 5.92 Å². The number of nitrogens with one attached hydrogen (secondary N) is 1. The minimum absolute atomic E-state index is 0.0123. The van der Waals surface area contributed by atoms with Crippen LogP contribution in [0, 0.1) is 24.5 Å². The highest BCUT2D eigenvalue weighted by atomic mass is 19.1. The van der Waals surface area contributed by atoms with E-state index in [0.717, 1.165) is 37.3 Å². The van der Waals surface area contributed by atoms with Gasteiger partial charge in [0.25, 0.3) is 0 Å². The van der Waals surface area contributed by atoms with Crippen LogP contribution in [0.4, 0.5) is 20.5 Å². The number of aryl methyl sites for hydroxylation is 1. The highest BCUT2D eigenvalue weighted by Crippen LogP contribution is 2.30. The fourth-order valence-corrected chi connectivity index (χ4v) is 5.08. The highest BCUT2D eigenvalue weighted by Gasteiger charge is 2.19. The molecule has 7 nitrogen and oxygen atoms in total. The molecule has 1 unspecified atom stereocenters. The summed E-state index contributed by atoms with van der Waals surface area (Å²) in [6.07, 6.45) is 5.45. The second-order valence-corrected chi connectivity index (χ2v) is 10.00.